The topological polar surface area (TPSA) is 91.9 Å². The number of hydrogen-bond donors (Lipinski definition) is 3. The van der Waals surface area contributed by atoms with Crippen molar-refractivity contribution in [2.75, 3.05) is 12.4 Å². The minimum Gasteiger partial charge on any atom is -0.507 e. The van der Waals surface area contributed by atoms with Crippen molar-refractivity contribution in [3.8, 4) is 5.75 Å². The lowest BCUT2D eigenvalue weighted by Gasteiger charge is -2.40. The van der Waals surface area contributed by atoms with Crippen molar-refractivity contribution in [2.45, 2.75) is 18.6 Å². The number of nitrogens with one attached hydrogen (secondary N) is 1. The van der Waals surface area contributed by atoms with Crippen LogP contribution in [0, 0.1) is 6.92 Å². The van der Waals surface area contributed by atoms with Gasteiger partial charge in [-0.15, -0.1) is 0 Å². The first kappa shape index (κ1) is 19.0. The van der Waals surface area contributed by atoms with Crippen LogP contribution in [-0.2, 0) is 15.1 Å². The zero-order chi connectivity index (χ0) is 20.6. The number of carbonyl (C=O) groups is 1. The van der Waals surface area contributed by atoms with Crippen LogP contribution >= 0.6 is 0 Å². The summed E-state index contributed by atoms with van der Waals surface area (Å²) in [4.78, 5) is 12.6. The standard InChI is InChI=1S/C23H21NO5/c1-14-15(12-13-29-14)8-9-16-10-11-18-19(20(16)25)23(27,17-6-4-3-5-7-17)21(28-2)22(26)24-18/h3-13,21,25,27H,1-2H3,(H,24,26)/b9-8+. The summed E-state index contributed by atoms with van der Waals surface area (Å²) in [6, 6.07) is 13.9. The molecule has 6 heteroatoms. The molecule has 0 saturated heterocycles. The van der Waals surface area contributed by atoms with Gasteiger partial charge in [0.15, 0.2) is 11.7 Å². The molecule has 2 unspecified atom stereocenters. The highest BCUT2D eigenvalue weighted by Gasteiger charge is 2.51. The zero-order valence-corrected chi connectivity index (χ0v) is 16.0. The van der Waals surface area contributed by atoms with E-state index in [1.807, 2.05) is 25.1 Å². The number of phenols is 1. The lowest BCUT2D eigenvalue weighted by Crippen LogP contribution is -2.52. The van der Waals surface area contributed by atoms with Crippen LogP contribution in [0.15, 0.2) is 59.2 Å². The van der Waals surface area contributed by atoms with Crippen LogP contribution in [0.3, 0.4) is 0 Å². The third-order valence-corrected chi connectivity index (χ3v) is 5.26. The number of carbonyl (C=O) groups excluding carboxylic acids is 1. The van der Waals surface area contributed by atoms with Gasteiger partial charge in [-0.05, 0) is 30.7 Å². The highest BCUT2D eigenvalue weighted by atomic mass is 16.5. The Morgan fingerprint density at radius 1 is 1.10 bits per heavy atom. The van der Waals surface area contributed by atoms with Crippen molar-refractivity contribution < 1.29 is 24.2 Å². The minimum absolute atomic E-state index is 0.131. The third-order valence-electron chi connectivity index (χ3n) is 5.26. The summed E-state index contributed by atoms with van der Waals surface area (Å²) in [5, 5.41) is 25.5. The van der Waals surface area contributed by atoms with Crippen molar-refractivity contribution in [3.05, 3.63) is 82.8 Å². The Kier molecular flexibility index (Phi) is 4.74. The number of phenolic OH excluding ortho intramolecular Hbond substituents is 1. The Hall–Kier alpha value is -3.35. The molecule has 2 heterocycles. The summed E-state index contributed by atoms with van der Waals surface area (Å²) < 4.78 is 10.6. The largest absolute Gasteiger partial charge is 0.507 e. The Morgan fingerprint density at radius 2 is 1.83 bits per heavy atom. The number of fused-ring (bicyclic) bond motifs is 1. The van der Waals surface area contributed by atoms with Gasteiger partial charge in [-0.2, -0.15) is 0 Å². The normalized spacial score (nSPS) is 21.2. The van der Waals surface area contributed by atoms with E-state index in [1.165, 1.54) is 7.11 Å². The number of anilines is 1. The quantitative estimate of drug-likeness (QED) is 0.631. The Balaban J connectivity index is 1.90. The zero-order valence-electron chi connectivity index (χ0n) is 16.0. The SMILES string of the molecule is COC1C(=O)Nc2ccc(/C=C/c3ccoc3C)c(O)c2C1(O)c1ccccc1. The molecule has 0 aliphatic carbocycles. The number of aliphatic hydroxyl groups is 1. The monoisotopic (exact) mass is 391 g/mol. The van der Waals surface area contributed by atoms with Gasteiger partial charge in [0.2, 0.25) is 0 Å². The van der Waals surface area contributed by atoms with E-state index in [2.05, 4.69) is 5.32 Å². The molecule has 1 aliphatic rings. The first-order valence-electron chi connectivity index (χ1n) is 9.17. The molecule has 0 spiro atoms. The molecule has 148 valence electrons. The van der Waals surface area contributed by atoms with E-state index in [0.29, 0.717) is 16.8 Å². The average molecular weight is 391 g/mol. The summed E-state index contributed by atoms with van der Waals surface area (Å²) in [5.74, 6) is 0.141. The molecule has 0 radical (unpaired) electrons. The van der Waals surface area contributed by atoms with E-state index >= 15 is 0 Å². The molecule has 0 saturated carbocycles. The summed E-state index contributed by atoms with van der Waals surface area (Å²) in [6.07, 6.45) is 3.92. The van der Waals surface area contributed by atoms with Crippen LogP contribution in [-0.4, -0.2) is 29.3 Å². The van der Waals surface area contributed by atoms with Crippen LogP contribution < -0.4 is 5.32 Å². The Morgan fingerprint density at radius 3 is 2.48 bits per heavy atom. The van der Waals surface area contributed by atoms with Crippen molar-refractivity contribution >= 4 is 23.7 Å². The molecule has 0 bridgehead atoms. The second kappa shape index (κ2) is 7.24. The molecule has 6 nitrogen and oxygen atoms in total. The van der Waals surface area contributed by atoms with Crippen LogP contribution in [0.1, 0.15) is 28.0 Å². The van der Waals surface area contributed by atoms with Gasteiger partial charge >= 0.3 is 0 Å². The number of ether oxygens (including phenoxy) is 1. The molecule has 4 rings (SSSR count). The third kappa shape index (κ3) is 3.03. The van der Waals surface area contributed by atoms with Crippen molar-refractivity contribution in [3.63, 3.8) is 0 Å². The van der Waals surface area contributed by atoms with E-state index in [1.54, 1.807) is 48.7 Å². The maximum Gasteiger partial charge on any atom is 0.257 e. The molecule has 2 aromatic carbocycles. The summed E-state index contributed by atoms with van der Waals surface area (Å²) in [5.41, 5.74) is 0.496. The first-order valence-corrected chi connectivity index (χ1v) is 9.17. The molecule has 29 heavy (non-hydrogen) atoms. The first-order chi connectivity index (χ1) is 14.0. The minimum atomic E-state index is -1.85. The van der Waals surface area contributed by atoms with Crippen molar-refractivity contribution in [2.24, 2.45) is 0 Å². The molecule has 3 N–H and O–H groups in total. The number of aryl methyl sites for hydroxylation is 1. The molecule has 1 amide bonds. The van der Waals surface area contributed by atoms with Gasteiger partial charge in [-0.1, -0.05) is 42.5 Å². The van der Waals surface area contributed by atoms with Gasteiger partial charge in [0, 0.05) is 18.2 Å². The number of methoxy groups -OCH3 is 1. The maximum atomic E-state index is 12.6. The molecule has 0 fully saturated rings. The van der Waals surface area contributed by atoms with Crippen LogP contribution in [0.2, 0.25) is 0 Å². The molecule has 1 aliphatic heterocycles. The van der Waals surface area contributed by atoms with Crippen LogP contribution in [0.5, 0.6) is 5.75 Å². The second-order valence-corrected chi connectivity index (χ2v) is 6.93. The number of rotatable bonds is 4. The summed E-state index contributed by atoms with van der Waals surface area (Å²) >= 11 is 0. The van der Waals surface area contributed by atoms with E-state index in [4.69, 9.17) is 9.15 Å². The van der Waals surface area contributed by atoms with Gasteiger partial charge < -0.3 is 24.7 Å². The van der Waals surface area contributed by atoms with E-state index < -0.39 is 17.6 Å². The summed E-state index contributed by atoms with van der Waals surface area (Å²) in [7, 11) is 1.35. The number of furan rings is 1. The fourth-order valence-electron chi connectivity index (χ4n) is 3.76. The average Bonchev–Trinajstić information content (AvgIpc) is 3.13. The van der Waals surface area contributed by atoms with Crippen molar-refractivity contribution in [1.82, 2.24) is 0 Å². The molecule has 1 aromatic heterocycles. The smallest absolute Gasteiger partial charge is 0.257 e. The lowest BCUT2D eigenvalue weighted by molar-refractivity contribution is -0.142. The Labute approximate surface area is 168 Å². The molecule has 3 aromatic rings. The van der Waals surface area contributed by atoms with E-state index in [-0.39, 0.29) is 11.3 Å². The highest BCUT2D eigenvalue weighted by Crippen LogP contribution is 2.47. The number of aromatic hydroxyl groups is 1. The van der Waals surface area contributed by atoms with Crippen LogP contribution in [0.4, 0.5) is 5.69 Å². The van der Waals surface area contributed by atoms with Crippen LogP contribution in [0.25, 0.3) is 12.2 Å². The number of hydrogen-bond acceptors (Lipinski definition) is 5. The number of benzene rings is 2. The van der Waals surface area contributed by atoms with Gasteiger partial charge in [-0.3, -0.25) is 4.79 Å². The molecular formula is C23H21NO5. The second-order valence-electron chi connectivity index (χ2n) is 6.93. The number of amides is 1. The molecule has 2 atom stereocenters. The maximum absolute atomic E-state index is 12.6. The van der Waals surface area contributed by atoms with Gasteiger partial charge in [0.25, 0.3) is 5.91 Å². The highest BCUT2D eigenvalue weighted by molar-refractivity contribution is 6.00. The predicted molar refractivity (Wildman–Crippen MR) is 109 cm³/mol. The lowest BCUT2D eigenvalue weighted by atomic mass is 9.77. The molecular weight excluding hydrogens is 370 g/mol. The van der Waals surface area contributed by atoms with E-state index in [0.717, 1.165) is 11.3 Å². The van der Waals surface area contributed by atoms with Crippen molar-refractivity contribution in [1.29, 1.82) is 0 Å². The Bertz CT molecular complexity index is 1090. The van der Waals surface area contributed by atoms with Gasteiger partial charge in [0.1, 0.15) is 11.5 Å². The fraction of sp³-hybridized carbons (Fsp3) is 0.174. The van der Waals surface area contributed by atoms with Gasteiger partial charge in [0.05, 0.1) is 17.5 Å². The summed E-state index contributed by atoms with van der Waals surface area (Å²) in [6.45, 7) is 1.85. The predicted octanol–water partition coefficient (Wildman–Crippen LogP) is 3.67. The fourth-order valence-corrected chi connectivity index (χ4v) is 3.76. The van der Waals surface area contributed by atoms with Gasteiger partial charge in [-0.25, -0.2) is 0 Å². The van der Waals surface area contributed by atoms with E-state index in [9.17, 15) is 15.0 Å².